The van der Waals surface area contributed by atoms with Gasteiger partial charge in [-0.15, -0.1) is 0 Å². The Hall–Kier alpha value is -2.53. The standard InChI is InChI=1S/C20H21FN4/c21-18-8-4-7-17-19(18)22-14-23-20(17)24-16-9-11-25(12-10-16)13-15-5-2-1-3-6-15/h1-8,14,16H,9-13H2,(H,22,23,24). The Bertz CT molecular complexity index is 845. The molecule has 2 heterocycles. The van der Waals surface area contributed by atoms with E-state index in [4.69, 9.17) is 0 Å². The quantitative estimate of drug-likeness (QED) is 0.786. The molecule has 0 saturated carbocycles. The zero-order valence-corrected chi connectivity index (χ0v) is 14.0. The van der Waals surface area contributed by atoms with Crippen molar-refractivity contribution in [1.82, 2.24) is 14.9 Å². The molecule has 0 radical (unpaired) electrons. The summed E-state index contributed by atoms with van der Waals surface area (Å²) in [5, 5.41) is 4.24. The minimum Gasteiger partial charge on any atom is -0.367 e. The van der Waals surface area contributed by atoms with E-state index in [1.807, 2.05) is 6.07 Å². The minimum absolute atomic E-state index is 0.305. The Morgan fingerprint density at radius 3 is 2.60 bits per heavy atom. The number of rotatable bonds is 4. The number of fused-ring (bicyclic) bond motifs is 1. The van der Waals surface area contributed by atoms with E-state index in [0.29, 0.717) is 11.6 Å². The van der Waals surface area contributed by atoms with Crippen LogP contribution >= 0.6 is 0 Å². The highest BCUT2D eigenvalue weighted by atomic mass is 19.1. The molecule has 5 heteroatoms. The second-order valence-electron chi connectivity index (χ2n) is 6.54. The number of likely N-dealkylation sites (tertiary alicyclic amines) is 1. The molecule has 1 N–H and O–H groups in total. The number of hydrogen-bond donors (Lipinski definition) is 1. The van der Waals surface area contributed by atoms with Gasteiger partial charge in [0, 0.05) is 31.1 Å². The normalized spacial score (nSPS) is 16.2. The molecule has 3 aromatic rings. The van der Waals surface area contributed by atoms with Crippen LogP contribution < -0.4 is 5.32 Å². The zero-order chi connectivity index (χ0) is 17.1. The van der Waals surface area contributed by atoms with Gasteiger partial charge in [0.15, 0.2) is 0 Å². The van der Waals surface area contributed by atoms with Crippen molar-refractivity contribution in [2.45, 2.75) is 25.4 Å². The molecule has 0 amide bonds. The maximum Gasteiger partial charge on any atom is 0.149 e. The van der Waals surface area contributed by atoms with Crippen molar-refractivity contribution in [1.29, 1.82) is 0 Å². The van der Waals surface area contributed by atoms with E-state index in [-0.39, 0.29) is 5.82 Å². The summed E-state index contributed by atoms with van der Waals surface area (Å²) < 4.78 is 13.9. The third-order valence-electron chi connectivity index (χ3n) is 4.79. The number of para-hydroxylation sites is 1. The van der Waals surface area contributed by atoms with Crippen LogP contribution in [-0.2, 0) is 6.54 Å². The number of nitrogens with zero attached hydrogens (tertiary/aromatic N) is 3. The number of hydrogen-bond acceptors (Lipinski definition) is 4. The van der Waals surface area contributed by atoms with E-state index in [0.717, 1.165) is 43.7 Å². The van der Waals surface area contributed by atoms with Crippen LogP contribution in [0.2, 0.25) is 0 Å². The van der Waals surface area contributed by atoms with Gasteiger partial charge in [0.1, 0.15) is 23.5 Å². The maximum atomic E-state index is 13.9. The average Bonchev–Trinajstić information content (AvgIpc) is 2.65. The first-order valence-electron chi connectivity index (χ1n) is 8.71. The lowest BCUT2D eigenvalue weighted by atomic mass is 10.0. The summed E-state index contributed by atoms with van der Waals surface area (Å²) >= 11 is 0. The Labute approximate surface area is 146 Å². The minimum atomic E-state index is -0.305. The first-order valence-corrected chi connectivity index (χ1v) is 8.71. The lowest BCUT2D eigenvalue weighted by molar-refractivity contribution is 0.211. The Kier molecular flexibility index (Phi) is 4.57. The van der Waals surface area contributed by atoms with Crippen LogP contribution in [-0.4, -0.2) is 34.0 Å². The Morgan fingerprint density at radius 2 is 1.80 bits per heavy atom. The van der Waals surface area contributed by atoms with E-state index < -0.39 is 0 Å². The third kappa shape index (κ3) is 3.61. The van der Waals surface area contributed by atoms with E-state index in [9.17, 15) is 4.39 Å². The average molecular weight is 336 g/mol. The molecule has 1 aromatic heterocycles. The Morgan fingerprint density at radius 1 is 1.00 bits per heavy atom. The molecule has 128 valence electrons. The van der Waals surface area contributed by atoms with Gasteiger partial charge in [-0.1, -0.05) is 36.4 Å². The second-order valence-corrected chi connectivity index (χ2v) is 6.54. The lowest BCUT2D eigenvalue weighted by Crippen LogP contribution is -2.38. The number of piperidine rings is 1. The van der Waals surface area contributed by atoms with Gasteiger partial charge in [-0.25, -0.2) is 14.4 Å². The van der Waals surface area contributed by atoms with Crippen molar-refractivity contribution in [3.63, 3.8) is 0 Å². The van der Waals surface area contributed by atoms with Gasteiger partial charge in [0.05, 0.1) is 0 Å². The van der Waals surface area contributed by atoms with Gasteiger partial charge in [0.2, 0.25) is 0 Å². The summed E-state index contributed by atoms with van der Waals surface area (Å²) in [5.41, 5.74) is 1.73. The fraction of sp³-hybridized carbons (Fsp3) is 0.300. The van der Waals surface area contributed by atoms with Crippen molar-refractivity contribution >= 4 is 16.7 Å². The van der Waals surface area contributed by atoms with E-state index in [2.05, 4.69) is 50.5 Å². The molecule has 0 spiro atoms. The summed E-state index contributed by atoms with van der Waals surface area (Å²) in [6.07, 6.45) is 3.53. The molecule has 2 aromatic carbocycles. The van der Waals surface area contributed by atoms with E-state index >= 15 is 0 Å². The van der Waals surface area contributed by atoms with Gasteiger partial charge in [0.25, 0.3) is 0 Å². The van der Waals surface area contributed by atoms with Gasteiger partial charge < -0.3 is 5.32 Å². The number of nitrogens with one attached hydrogen (secondary N) is 1. The van der Waals surface area contributed by atoms with Gasteiger partial charge >= 0.3 is 0 Å². The molecule has 1 saturated heterocycles. The maximum absolute atomic E-state index is 13.9. The van der Waals surface area contributed by atoms with Crippen LogP contribution in [0.5, 0.6) is 0 Å². The number of halogens is 1. The molecule has 25 heavy (non-hydrogen) atoms. The highest BCUT2D eigenvalue weighted by Gasteiger charge is 2.20. The SMILES string of the molecule is Fc1cccc2c(NC3CCN(Cc4ccccc4)CC3)ncnc12. The van der Waals surface area contributed by atoms with Crippen molar-refractivity contribution in [2.75, 3.05) is 18.4 Å². The van der Waals surface area contributed by atoms with Crippen molar-refractivity contribution < 1.29 is 4.39 Å². The first kappa shape index (κ1) is 16.0. The Balaban J connectivity index is 1.40. The highest BCUT2D eigenvalue weighted by Crippen LogP contribution is 2.24. The fourth-order valence-corrected chi connectivity index (χ4v) is 3.44. The number of anilines is 1. The van der Waals surface area contributed by atoms with E-state index in [1.165, 1.54) is 18.0 Å². The summed E-state index contributed by atoms with van der Waals surface area (Å²) in [4.78, 5) is 10.9. The zero-order valence-electron chi connectivity index (χ0n) is 14.0. The molecule has 0 aliphatic carbocycles. The van der Waals surface area contributed by atoms with Gasteiger partial charge in [-0.2, -0.15) is 0 Å². The number of aromatic nitrogens is 2. The monoisotopic (exact) mass is 336 g/mol. The third-order valence-corrected chi connectivity index (χ3v) is 4.79. The smallest absolute Gasteiger partial charge is 0.149 e. The topological polar surface area (TPSA) is 41.0 Å². The summed E-state index contributed by atoms with van der Waals surface area (Å²) in [6, 6.07) is 15.9. The predicted octanol–water partition coefficient (Wildman–Crippen LogP) is 3.85. The molecular formula is C20H21FN4. The molecule has 0 unspecified atom stereocenters. The predicted molar refractivity (Wildman–Crippen MR) is 97.9 cm³/mol. The van der Waals surface area contributed by atoms with Gasteiger partial charge in [-0.05, 0) is 30.5 Å². The molecule has 0 atom stereocenters. The second kappa shape index (κ2) is 7.15. The van der Waals surface area contributed by atoms with Crippen LogP contribution in [0.1, 0.15) is 18.4 Å². The molecule has 0 bridgehead atoms. The lowest BCUT2D eigenvalue weighted by Gasteiger charge is -2.32. The van der Waals surface area contributed by atoms with Crippen molar-refractivity contribution in [3.05, 3.63) is 66.2 Å². The highest BCUT2D eigenvalue weighted by molar-refractivity contribution is 5.89. The molecule has 4 nitrogen and oxygen atoms in total. The van der Waals surface area contributed by atoms with Crippen LogP contribution in [0.3, 0.4) is 0 Å². The summed E-state index contributed by atoms with van der Waals surface area (Å²) in [5.74, 6) is 0.423. The molecule has 4 rings (SSSR count). The molecule has 1 aliphatic heterocycles. The summed E-state index contributed by atoms with van der Waals surface area (Å²) in [6.45, 7) is 3.09. The van der Waals surface area contributed by atoms with Crippen LogP contribution in [0, 0.1) is 5.82 Å². The molecule has 1 fully saturated rings. The molecular weight excluding hydrogens is 315 g/mol. The molecule has 1 aliphatic rings. The number of benzene rings is 2. The largest absolute Gasteiger partial charge is 0.367 e. The summed E-state index contributed by atoms with van der Waals surface area (Å²) in [7, 11) is 0. The van der Waals surface area contributed by atoms with Crippen LogP contribution in [0.25, 0.3) is 10.9 Å². The van der Waals surface area contributed by atoms with Crippen LogP contribution in [0.15, 0.2) is 54.9 Å². The van der Waals surface area contributed by atoms with Crippen molar-refractivity contribution in [3.8, 4) is 0 Å². The van der Waals surface area contributed by atoms with Gasteiger partial charge in [-0.3, -0.25) is 4.90 Å². The van der Waals surface area contributed by atoms with Crippen molar-refractivity contribution in [2.24, 2.45) is 0 Å². The fourth-order valence-electron chi connectivity index (χ4n) is 3.44. The van der Waals surface area contributed by atoms with Crippen LogP contribution in [0.4, 0.5) is 10.2 Å². The van der Waals surface area contributed by atoms with E-state index in [1.54, 1.807) is 6.07 Å². The first-order chi connectivity index (χ1) is 12.3.